The molecule has 1 aromatic heterocycles. The molecule has 0 bridgehead atoms. The highest BCUT2D eigenvalue weighted by molar-refractivity contribution is 5.82. The fourth-order valence-corrected chi connectivity index (χ4v) is 7.01. The van der Waals surface area contributed by atoms with Gasteiger partial charge < -0.3 is 10.2 Å². The Bertz CT molecular complexity index is 1190. The van der Waals surface area contributed by atoms with Gasteiger partial charge in [-0.3, -0.25) is 9.78 Å². The molecule has 0 unspecified atom stereocenters. The number of aryl methyl sites for hydroxylation is 2. The topological polar surface area (TPSA) is 45.2 Å². The van der Waals surface area contributed by atoms with Gasteiger partial charge in [0.2, 0.25) is 5.91 Å². The number of carbonyl (C=O) groups excluding carboxylic acids is 1. The zero-order valence-electron chi connectivity index (χ0n) is 20.6. The van der Waals surface area contributed by atoms with E-state index in [9.17, 15) is 4.79 Å². The Morgan fingerprint density at radius 2 is 1.80 bits per heavy atom. The monoisotopic (exact) mass is 465 g/mol. The lowest BCUT2D eigenvalue weighted by molar-refractivity contribution is -0.141. The van der Waals surface area contributed by atoms with E-state index in [-0.39, 0.29) is 17.4 Å². The summed E-state index contributed by atoms with van der Waals surface area (Å²) in [5, 5.41) is 3.63. The van der Waals surface area contributed by atoms with Crippen molar-refractivity contribution in [2.45, 2.75) is 56.4 Å². The van der Waals surface area contributed by atoms with Crippen LogP contribution in [-0.4, -0.2) is 35.4 Å². The van der Waals surface area contributed by atoms with Gasteiger partial charge in [-0.2, -0.15) is 0 Å². The molecule has 3 heterocycles. The van der Waals surface area contributed by atoms with Gasteiger partial charge in [-0.1, -0.05) is 66.7 Å². The highest BCUT2D eigenvalue weighted by Gasteiger charge is 2.52. The first kappa shape index (κ1) is 22.5. The van der Waals surface area contributed by atoms with Crippen LogP contribution in [0.5, 0.6) is 0 Å². The molecule has 1 amide bonds. The van der Waals surface area contributed by atoms with E-state index < -0.39 is 0 Å². The molecule has 4 heteroatoms. The van der Waals surface area contributed by atoms with Crippen LogP contribution in [0.3, 0.4) is 0 Å². The first-order chi connectivity index (χ1) is 17.2. The molecule has 2 aromatic carbocycles. The molecule has 1 spiro atoms. The minimum absolute atomic E-state index is 0.0374. The molecule has 0 radical (unpaired) electrons. The predicted octanol–water partition coefficient (Wildman–Crippen LogP) is 5.33. The van der Waals surface area contributed by atoms with E-state index in [4.69, 9.17) is 4.98 Å². The highest BCUT2D eigenvalue weighted by Crippen LogP contribution is 2.47. The lowest BCUT2D eigenvalue weighted by Crippen LogP contribution is -2.50. The van der Waals surface area contributed by atoms with E-state index in [0.717, 1.165) is 51.7 Å². The Labute approximate surface area is 208 Å². The van der Waals surface area contributed by atoms with E-state index in [1.165, 1.54) is 27.9 Å². The van der Waals surface area contributed by atoms with Crippen LogP contribution in [0, 0.1) is 12.8 Å². The highest BCUT2D eigenvalue weighted by atomic mass is 16.2. The minimum Gasteiger partial charge on any atom is -0.335 e. The molecule has 2 saturated heterocycles. The van der Waals surface area contributed by atoms with Crippen LogP contribution < -0.4 is 5.32 Å². The fourth-order valence-electron chi connectivity index (χ4n) is 7.01. The quantitative estimate of drug-likeness (QED) is 0.569. The van der Waals surface area contributed by atoms with Crippen molar-refractivity contribution >= 4 is 5.91 Å². The lowest BCUT2D eigenvalue weighted by Gasteiger charge is -2.45. The molecular formula is C31H35N3O. The number of carbonyl (C=O) groups is 1. The number of nitrogens with one attached hydrogen (secondary N) is 1. The van der Waals surface area contributed by atoms with Gasteiger partial charge in [-0.05, 0) is 67.2 Å². The number of benzene rings is 2. The van der Waals surface area contributed by atoms with E-state index in [0.29, 0.717) is 11.8 Å². The number of fused-ring (bicyclic) bond motifs is 2. The van der Waals surface area contributed by atoms with Crippen molar-refractivity contribution in [3.8, 4) is 0 Å². The average Bonchev–Trinajstić information content (AvgIpc) is 3.33. The third kappa shape index (κ3) is 3.98. The van der Waals surface area contributed by atoms with E-state index in [1.54, 1.807) is 0 Å². The summed E-state index contributed by atoms with van der Waals surface area (Å²) in [5.41, 5.74) is 6.22. The summed E-state index contributed by atoms with van der Waals surface area (Å²) in [6.45, 7) is 4.56. The van der Waals surface area contributed by atoms with Crippen molar-refractivity contribution in [2.24, 2.45) is 5.92 Å². The molecular weight excluding hydrogens is 430 g/mol. The Morgan fingerprint density at radius 1 is 1.06 bits per heavy atom. The predicted molar refractivity (Wildman–Crippen MR) is 139 cm³/mol. The fraction of sp³-hybridized carbons (Fsp3) is 0.419. The van der Waals surface area contributed by atoms with Gasteiger partial charge in [0.25, 0.3) is 0 Å². The van der Waals surface area contributed by atoms with E-state index in [1.807, 2.05) is 6.20 Å². The van der Waals surface area contributed by atoms with Crippen LogP contribution in [0.15, 0.2) is 72.9 Å². The Morgan fingerprint density at radius 3 is 2.57 bits per heavy atom. The second kappa shape index (κ2) is 9.23. The largest absolute Gasteiger partial charge is 0.335 e. The maximum absolute atomic E-state index is 14.5. The van der Waals surface area contributed by atoms with Crippen molar-refractivity contribution < 1.29 is 4.79 Å². The third-order valence-corrected chi connectivity index (χ3v) is 8.77. The second-order valence-electron chi connectivity index (χ2n) is 10.8. The number of piperidine rings is 1. The van der Waals surface area contributed by atoms with Crippen molar-refractivity contribution in [1.29, 1.82) is 0 Å². The van der Waals surface area contributed by atoms with Gasteiger partial charge in [0.05, 0.1) is 12.0 Å². The molecule has 4 atom stereocenters. The summed E-state index contributed by atoms with van der Waals surface area (Å²) < 4.78 is 0. The summed E-state index contributed by atoms with van der Waals surface area (Å²) >= 11 is 0. The zero-order chi connectivity index (χ0) is 23.8. The van der Waals surface area contributed by atoms with Gasteiger partial charge in [0.15, 0.2) is 0 Å². The van der Waals surface area contributed by atoms with Crippen molar-refractivity contribution in [3.05, 3.63) is 101 Å². The molecule has 1 N–H and O–H groups in total. The molecule has 2 fully saturated rings. The van der Waals surface area contributed by atoms with Crippen LogP contribution in [0.25, 0.3) is 0 Å². The second-order valence-corrected chi connectivity index (χ2v) is 10.8. The molecule has 35 heavy (non-hydrogen) atoms. The molecule has 6 rings (SSSR count). The summed E-state index contributed by atoms with van der Waals surface area (Å²) in [6, 6.07) is 23.9. The van der Waals surface area contributed by atoms with Crippen LogP contribution in [0.2, 0.25) is 0 Å². The van der Waals surface area contributed by atoms with Crippen LogP contribution in [0.4, 0.5) is 0 Å². The van der Waals surface area contributed by atoms with Crippen molar-refractivity contribution in [2.75, 3.05) is 19.6 Å². The third-order valence-electron chi connectivity index (χ3n) is 8.77. The van der Waals surface area contributed by atoms with Gasteiger partial charge >= 0.3 is 0 Å². The number of rotatable bonds is 3. The minimum atomic E-state index is -0.138. The molecule has 4 nitrogen and oxygen atoms in total. The number of pyridine rings is 1. The standard InChI is InChI=1S/C31H35N3O/c1-22-17-26-28(33-19-22)13-8-15-31(26)21-32-20-27(31)30(35)34-16-14-25(23-9-4-2-5-10-23)18-29(34)24-11-6-3-7-12-24/h2-7,9-12,17,19,25,27,29,32H,8,13-16,18,20-21H2,1H3/t25-,27+,29+,31+/m1/s1. The first-order valence-electron chi connectivity index (χ1n) is 13.2. The molecule has 2 aliphatic heterocycles. The smallest absolute Gasteiger partial charge is 0.228 e. The van der Waals surface area contributed by atoms with Crippen LogP contribution in [-0.2, 0) is 16.6 Å². The van der Waals surface area contributed by atoms with Crippen molar-refractivity contribution in [1.82, 2.24) is 15.2 Å². The van der Waals surface area contributed by atoms with Gasteiger partial charge in [-0.25, -0.2) is 0 Å². The lowest BCUT2D eigenvalue weighted by atomic mass is 9.64. The molecule has 0 saturated carbocycles. The summed E-state index contributed by atoms with van der Waals surface area (Å²) in [5.74, 6) is 0.762. The number of hydrogen-bond donors (Lipinski definition) is 1. The van der Waals surface area contributed by atoms with Gasteiger partial charge in [-0.15, -0.1) is 0 Å². The number of amides is 1. The Balaban J connectivity index is 1.34. The number of aromatic nitrogens is 1. The first-order valence-corrected chi connectivity index (χ1v) is 13.2. The molecule has 180 valence electrons. The zero-order valence-corrected chi connectivity index (χ0v) is 20.6. The maximum Gasteiger partial charge on any atom is 0.228 e. The summed E-state index contributed by atoms with van der Waals surface area (Å²) in [7, 11) is 0. The summed E-state index contributed by atoms with van der Waals surface area (Å²) in [6.07, 6.45) is 7.16. The number of likely N-dealkylation sites (tertiary alicyclic amines) is 1. The molecule has 1 aliphatic carbocycles. The Hall–Kier alpha value is -2.98. The SMILES string of the molecule is Cc1cnc2c(c1)[C@]1(CCC2)CNC[C@H]1C(=O)N1CC[C@@H](c2ccccc2)C[C@H]1c1ccccc1. The van der Waals surface area contributed by atoms with Crippen molar-refractivity contribution in [3.63, 3.8) is 0 Å². The van der Waals surface area contributed by atoms with E-state index >= 15 is 0 Å². The average molecular weight is 466 g/mol. The van der Waals surface area contributed by atoms with Crippen LogP contribution in [0.1, 0.15) is 65.6 Å². The molecule has 3 aromatic rings. The Kier molecular flexibility index (Phi) is 5.93. The summed E-state index contributed by atoms with van der Waals surface area (Å²) in [4.78, 5) is 21.5. The maximum atomic E-state index is 14.5. The molecule has 3 aliphatic rings. The van der Waals surface area contributed by atoms with Gasteiger partial charge in [0.1, 0.15) is 0 Å². The number of nitrogens with zero attached hydrogens (tertiary/aromatic N) is 2. The van der Waals surface area contributed by atoms with E-state index in [2.05, 4.69) is 83.9 Å². The number of hydrogen-bond acceptors (Lipinski definition) is 3. The normalized spacial score (nSPS) is 28.1. The van der Waals surface area contributed by atoms with Crippen LogP contribution >= 0.6 is 0 Å². The van der Waals surface area contributed by atoms with Gasteiger partial charge in [0, 0.05) is 36.9 Å².